The summed E-state index contributed by atoms with van der Waals surface area (Å²) in [6, 6.07) is 24.0. The van der Waals surface area contributed by atoms with Crippen molar-refractivity contribution < 1.29 is 4.74 Å². The molecule has 3 heterocycles. The second kappa shape index (κ2) is 6.98. The van der Waals surface area contributed by atoms with Gasteiger partial charge in [0, 0.05) is 10.9 Å². The maximum atomic E-state index is 5.64. The van der Waals surface area contributed by atoms with Gasteiger partial charge in [0.15, 0.2) is 11.5 Å². The first-order chi connectivity index (χ1) is 14.2. The minimum Gasteiger partial charge on any atom is -0.495 e. The predicted octanol–water partition coefficient (Wildman–Crippen LogP) is 4.50. The Morgan fingerprint density at radius 2 is 1.69 bits per heavy atom. The molecule has 0 bridgehead atoms. The average Bonchev–Trinajstić information content (AvgIpc) is 3.21. The number of nitrogens with zero attached hydrogens (tertiary/aromatic N) is 5. The van der Waals surface area contributed by atoms with Crippen LogP contribution in [0.2, 0.25) is 0 Å². The van der Waals surface area contributed by atoms with Gasteiger partial charge in [0.05, 0.1) is 29.9 Å². The Bertz CT molecular complexity index is 1310. The highest BCUT2D eigenvalue weighted by molar-refractivity contribution is 5.80. The van der Waals surface area contributed by atoms with E-state index >= 15 is 0 Å². The first-order valence-electron chi connectivity index (χ1n) is 9.46. The Morgan fingerprint density at radius 1 is 0.897 bits per heavy atom. The van der Waals surface area contributed by atoms with Gasteiger partial charge in [-0.3, -0.25) is 0 Å². The topological polar surface area (TPSA) is 65.2 Å². The van der Waals surface area contributed by atoms with Crippen LogP contribution < -0.4 is 4.74 Å². The number of aromatic nitrogens is 5. The summed E-state index contributed by atoms with van der Waals surface area (Å²) in [5, 5.41) is 14.5. The lowest BCUT2D eigenvalue weighted by Gasteiger charge is -2.14. The number of hydrogen-bond donors (Lipinski definition) is 0. The van der Waals surface area contributed by atoms with E-state index in [9.17, 15) is 0 Å². The highest BCUT2D eigenvalue weighted by Gasteiger charge is 2.22. The molecule has 3 aromatic heterocycles. The third-order valence-corrected chi connectivity index (χ3v) is 5.09. The van der Waals surface area contributed by atoms with Crippen LogP contribution in [0.3, 0.4) is 0 Å². The molecular weight excluding hydrogens is 362 g/mol. The smallest absolute Gasteiger partial charge is 0.177 e. The minimum atomic E-state index is -0.150. The molecule has 0 aliphatic carbocycles. The molecule has 5 rings (SSSR count). The number of para-hydroxylation sites is 1. The zero-order valence-corrected chi connectivity index (χ0v) is 16.1. The number of methoxy groups -OCH3 is 1. The lowest BCUT2D eigenvalue weighted by molar-refractivity contribution is 0.405. The average molecular weight is 381 g/mol. The fourth-order valence-corrected chi connectivity index (χ4v) is 3.55. The Balaban J connectivity index is 1.65. The maximum Gasteiger partial charge on any atom is 0.177 e. The normalized spacial score (nSPS) is 12.3. The summed E-state index contributed by atoms with van der Waals surface area (Å²) >= 11 is 0. The van der Waals surface area contributed by atoms with Crippen molar-refractivity contribution in [2.24, 2.45) is 0 Å². The summed E-state index contributed by atoms with van der Waals surface area (Å²) in [5.41, 5.74) is 4.34. The van der Waals surface area contributed by atoms with Crippen molar-refractivity contribution in [3.8, 4) is 17.0 Å². The number of hydrogen-bond acceptors (Lipinski definition) is 5. The summed E-state index contributed by atoms with van der Waals surface area (Å²) in [6.45, 7) is 2.05. The second-order valence-corrected chi connectivity index (χ2v) is 6.90. The number of pyridine rings is 1. The molecular formula is C23H19N5O. The SMILES string of the molecule is COc1cc2ccccc2nc1[C@@H](C)c1nnc2ccc(-c3ccccc3)nn12. The van der Waals surface area contributed by atoms with Crippen molar-refractivity contribution in [2.75, 3.05) is 7.11 Å². The molecule has 0 saturated heterocycles. The zero-order chi connectivity index (χ0) is 19.8. The number of ether oxygens (including phenoxy) is 1. The van der Waals surface area contributed by atoms with Gasteiger partial charge >= 0.3 is 0 Å². The summed E-state index contributed by atoms with van der Waals surface area (Å²) in [7, 11) is 1.66. The summed E-state index contributed by atoms with van der Waals surface area (Å²) in [6.07, 6.45) is 0. The quantitative estimate of drug-likeness (QED) is 0.459. The summed E-state index contributed by atoms with van der Waals surface area (Å²) in [4.78, 5) is 4.86. The molecule has 0 fully saturated rings. The molecule has 5 aromatic rings. The molecule has 0 radical (unpaired) electrons. The van der Waals surface area contributed by atoms with E-state index in [1.165, 1.54) is 0 Å². The Morgan fingerprint density at radius 3 is 2.52 bits per heavy atom. The lowest BCUT2D eigenvalue weighted by Crippen LogP contribution is -2.09. The highest BCUT2D eigenvalue weighted by Crippen LogP contribution is 2.32. The molecule has 6 nitrogen and oxygen atoms in total. The van der Waals surface area contributed by atoms with E-state index in [0.717, 1.165) is 39.4 Å². The predicted molar refractivity (Wildman–Crippen MR) is 112 cm³/mol. The molecule has 0 amide bonds. The van der Waals surface area contributed by atoms with Crippen molar-refractivity contribution in [2.45, 2.75) is 12.8 Å². The van der Waals surface area contributed by atoms with E-state index in [0.29, 0.717) is 5.65 Å². The monoisotopic (exact) mass is 381 g/mol. The van der Waals surface area contributed by atoms with Gasteiger partial charge in [-0.1, -0.05) is 48.5 Å². The largest absolute Gasteiger partial charge is 0.495 e. The Hall–Kier alpha value is -3.80. The highest BCUT2D eigenvalue weighted by atomic mass is 16.5. The van der Waals surface area contributed by atoms with Gasteiger partial charge in [0.25, 0.3) is 0 Å². The second-order valence-electron chi connectivity index (χ2n) is 6.90. The van der Waals surface area contributed by atoms with Crippen LogP contribution in [0.15, 0.2) is 72.8 Å². The van der Waals surface area contributed by atoms with Crippen molar-refractivity contribution in [1.82, 2.24) is 24.8 Å². The Labute approximate surface area is 167 Å². The fourth-order valence-electron chi connectivity index (χ4n) is 3.55. The van der Waals surface area contributed by atoms with Gasteiger partial charge < -0.3 is 4.74 Å². The number of rotatable bonds is 4. The molecule has 1 atom stereocenters. The number of benzene rings is 2. The van der Waals surface area contributed by atoms with E-state index in [2.05, 4.69) is 10.2 Å². The standard InChI is InChI=1S/C23H19N5O/c1-15(22-20(29-2)14-17-10-6-7-11-18(17)24-22)23-26-25-21-13-12-19(27-28(21)23)16-8-4-3-5-9-16/h3-15H,1-2H3/t15-/m1/s1. The first kappa shape index (κ1) is 17.3. The van der Waals surface area contributed by atoms with Crippen LogP contribution in [-0.2, 0) is 0 Å². The fraction of sp³-hybridized carbons (Fsp3) is 0.130. The van der Waals surface area contributed by atoms with Crippen LogP contribution in [0.25, 0.3) is 27.8 Å². The van der Waals surface area contributed by atoms with Gasteiger partial charge in [0.2, 0.25) is 0 Å². The van der Waals surface area contributed by atoms with Crippen LogP contribution in [0.4, 0.5) is 0 Å². The molecule has 0 N–H and O–H groups in total. The third-order valence-electron chi connectivity index (χ3n) is 5.09. The molecule has 6 heteroatoms. The Kier molecular flexibility index (Phi) is 4.17. The summed E-state index contributed by atoms with van der Waals surface area (Å²) in [5.74, 6) is 1.30. The molecule has 0 aliphatic rings. The van der Waals surface area contributed by atoms with Gasteiger partial charge in [-0.05, 0) is 31.2 Å². The van der Waals surface area contributed by atoms with Gasteiger partial charge in [-0.2, -0.15) is 9.61 Å². The van der Waals surface area contributed by atoms with Gasteiger partial charge in [-0.25, -0.2) is 4.98 Å². The first-order valence-corrected chi connectivity index (χ1v) is 9.46. The van der Waals surface area contributed by atoms with E-state index in [1.807, 2.05) is 79.7 Å². The maximum absolute atomic E-state index is 5.64. The van der Waals surface area contributed by atoms with Crippen molar-refractivity contribution in [3.05, 3.63) is 84.3 Å². The van der Waals surface area contributed by atoms with E-state index < -0.39 is 0 Å². The van der Waals surface area contributed by atoms with E-state index in [-0.39, 0.29) is 5.92 Å². The van der Waals surface area contributed by atoms with Gasteiger partial charge in [0.1, 0.15) is 5.75 Å². The van der Waals surface area contributed by atoms with Crippen molar-refractivity contribution >= 4 is 16.6 Å². The van der Waals surface area contributed by atoms with Crippen molar-refractivity contribution in [1.29, 1.82) is 0 Å². The molecule has 0 saturated carbocycles. The van der Waals surface area contributed by atoms with E-state index in [4.69, 9.17) is 14.8 Å². The molecule has 2 aromatic carbocycles. The van der Waals surface area contributed by atoms with E-state index in [1.54, 1.807) is 11.6 Å². The lowest BCUT2D eigenvalue weighted by atomic mass is 10.0. The molecule has 142 valence electrons. The molecule has 29 heavy (non-hydrogen) atoms. The van der Waals surface area contributed by atoms with Crippen LogP contribution in [0.5, 0.6) is 5.75 Å². The van der Waals surface area contributed by atoms with Crippen LogP contribution in [0.1, 0.15) is 24.4 Å². The molecule has 0 unspecified atom stereocenters. The van der Waals surface area contributed by atoms with Crippen LogP contribution in [0, 0.1) is 0 Å². The van der Waals surface area contributed by atoms with Crippen LogP contribution >= 0.6 is 0 Å². The molecule has 0 spiro atoms. The third kappa shape index (κ3) is 2.99. The zero-order valence-electron chi connectivity index (χ0n) is 16.1. The number of fused-ring (bicyclic) bond motifs is 2. The van der Waals surface area contributed by atoms with Crippen molar-refractivity contribution in [3.63, 3.8) is 0 Å². The minimum absolute atomic E-state index is 0.150. The summed E-state index contributed by atoms with van der Waals surface area (Å²) < 4.78 is 7.43. The van der Waals surface area contributed by atoms with Gasteiger partial charge in [-0.15, -0.1) is 10.2 Å². The molecule has 0 aliphatic heterocycles. The van der Waals surface area contributed by atoms with Crippen LogP contribution in [-0.4, -0.2) is 31.9 Å².